The highest BCUT2D eigenvalue weighted by Crippen LogP contribution is 2.39. The number of nitro groups is 1. The van der Waals surface area contributed by atoms with Crippen molar-refractivity contribution in [2.75, 3.05) is 0 Å². The average Bonchev–Trinajstić information content (AvgIpc) is 3.02. The zero-order valence-electron chi connectivity index (χ0n) is 14.8. The van der Waals surface area contributed by atoms with E-state index in [0.717, 1.165) is 12.1 Å². The normalized spacial score (nSPS) is 11.0. The molecular formula is C19H12F2N4O4. The number of nitrogens with zero attached hydrogens (tertiary/aromatic N) is 2. The second-order valence-electron chi connectivity index (χ2n) is 6.23. The molecule has 8 nitrogen and oxygen atoms in total. The Morgan fingerprint density at radius 2 is 1.90 bits per heavy atom. The quantitative estimate of drug-likeness (QED) is 0.395. The van der Waals surface area contributed by atoms with E-state index in [2.05, 4.69) is 15.2 Å². The summed E-state index contributed by atoms with van der Waals surface area (Å²) >= 11 is 0. The first-order chi connectivity index (χ1) is 13.8. The average molecular weight is 398 g/mol. The third kappa shape index (κ3) is 3.20. The Morgan fingerprint density at radius 1 is 1.14 bits per heavy atom. The maximum atomic E-state index is 14.1. The summed E-state index contributed by atoms with van der Waals surface area (Å²) in [6.07, 6.45) is 1.40. The number of aromatic amines is 2. The van der Waals surface area contributed by atoms with E-state index in [4.69, 9.17) is 4.74 Å². The lowest BCUT2D eigenvalue weighted by Gasteiger charge is -2.11. The minimum atomic E-state index is -0.931. The molecule has 2 aromatic heterocycles. The van der Waals surface area contributed by atoms with Crippen LogP contribution in [0.3, 0.4) is 0 Å². The molecule has 0 amide bonds. The van der Waals surface area contributed by atoms with Gasteiger partial charge in [-0.25, -0.2) is 13.9 Å². The molecule has 0 radical (unpaired) electrons. The number of fused-ring (bicyclic) bond motifs is 1. The van der Waals surface area contributed by atoms with Crippen molar-refractivity contribution < 1.29 is 18.4 Å². The van der Waals surface area contributed by atoms with Crippen LogP contribution < -0.4 is 10.3 Å². The van der Waals surface area contributed by atoms with Gasteiger partial charge in [0, 0.05) is 34.8 Å². The van der Waals surface area contributed by atoms with Gasteiger partial charge in [-0.15, -0.1) is 0 Å². The van der Waals surface area contributed by atoms with Crippen LogP contribution in [0.4, 0.5) is 14.5 Å². The van der Waals surface area contributed by atoms with Gasteiger partial charge in [-0.05, 0) is 25.1 Å². The molecule has 0 spiro atoms. The lowest BCUT2D eigenvalue weighted by molar-refractivity contribution is -0.384. The molecule has 2 N–H and O–H groups in total. The summed E-state index contributed by atoms with van der Waals surface area (Å²) in [4.78, 5) is 25.8. The number of nitro benzene ring substituents is 1. The standard InChI is InChI=1S/C19H12F2N4O4/c1-9-17-13(8-22-24-19(17)26)18(23-9)12-7-11(25(27)28)3-5-15(12)29-16-4-2-10(20)6-14(16)21/h2-8,23H,1H3,(H,24,26). The molecule has 146 valence electrons. The fraction of sp³-hybridized carbons (Fsp3) is 0.0526. The molecule has 2 heterocycles. The fourth-order valence-electron chi connectivity index (χ4n) is 3.08. The SMILES string of the molecule is Cc1[nH]c(-c2cc([N+](=O)[O-])ccc2Oc2ccc(F)cc2F)c2cn[nH]c(=O)c12. The van der Waals surface area contributed by atoms with Crippen LogP contribution >= 0.6 is 0 Å². The zero-order valence-corrected chi connectivity index (χ0v) is 14.8. The second kappa shape index (κ2) is 6.82. The summed E-state index contributed by atoms with van der Waals surface area (Å²) in [6.45, 7) is 1.67. The number of hydrogen-bond acceptors (Lipinski definition) is 5. The van der Waals surface area contributed by atoms with Gasteiger partial charge in [0.15, 0.2) is 11.6 Å². The Hall–Kier alpha value is -4.08. The number of aromatic nitrogens is 3. The maximum absolute atomic E-state index is 14.1. The van der Waals surface area contributed by atoms with E-state index in [-0.39, 0.29) is 22.7 Å². The van der Waals surface area contributed by atoms with E-state index in [1.54, 1.807) is 6.92 Å². The summed E-state index contributed by atoms with van der Waals surface area (Å²) in [5.41, 5.74) is 0.417. The zero-order chi connectivity index (χ0) is 20.7. The lowest BCUT2D eigenvalue weighted by Crippen LogP contribution is -2.07. The van der Waals surface area contributed by atoms with E-state index < -0.39 is 22.1 Å². The van der Waals surface area contributed by atoms with Gasteiger partial charge < -0.3 is 9.72 Å². The Balaban J connectivity index is 1.94. The number of non-ortho nitro benzene ring substituents is 1. The van der Waals surface area contributed by atoms with Crippen molar-refractivity contribution in [1.29, 1.82) is 0 Å². The maximum Gasteiger partial charge on any atom is 0.273 e. The Morgan fingerprint density at radius 3 is 2.62 bits per heavy atom. The van der Waals surface area contributed by atoms with E-state index in [9.17, 15) is 23.7 Å². The van der Waals surface area contributed by atoms with Crippen molar-refractivity contribution in [3.8, 4) is 22.8 Å². The molecule has 0 unspecified atom stereocenters. The predicted molar refractivity (Wildman–Crippen MR) is 100.0 cm³/mol. The van der Waals surface area contributed by atoms with Crippen LogP contribution in [0.25, 0.3) is 22.0 Å². The molecule has 0 bridgehead atoms. The highest BCUT2D eigenvalue weighted by Gasteiger charge is 2.20. The summed E-state index contributed by atoms with van der Waals surface area (Å²) in [5, 5.41) is 18.1. The molecule has 0 aliphatic heterocycles. The summed E-state index contributed by atoms with van der Waals surface area (Å²) < 4.78 is 32.8. The summed E-state index contributed by atoms with van der Waals surface area (Å²) in [6, 6.07) is 6.55. The number of aryl methyl sites for hydroxylation is 1. The third-order valence-electron chi connectivity index (χ3n) is 4.37. The number of benzene rings is 2. The van der Waals surface area contributed by atoms with E-state index >= 15 is 0 Å². The molecule has 0 aliphatic carbocycles. The monoisotopic (exact) mass is 398 g/mol. The molecule has 0 fully saturated rings. The van der Waals surface area contributed by atoms with Crippen LogP contribution in [-0.4, -0.2) is 20.1 Å². The van der Waals surface area contributed by atoms with Gasteiger partial charge >= 0.3 is 0 Å². The Kier molecular flexibility index (Phi) is 4.30. The molecule has 0 atom stereocenters. The number of hydrogen-bond donors (Lipinski definition) is 2. The van der Waals surface area contributed by atoms with Crippen LogP contribution in [0.1, 0.15) is 5.69 Å². The number of nitrogens with one attached hydrogen (secondary N) is 2. The minimum Gasteiger partial charge on any atom is -0.454 e. The molecule has 0 saturated heterocycles. The van der Waals surface area contributed by atoms with Crippen LogP contribution in [0.2, 0.25) is 0 Å². The van der Waals surface area contributed by atoms with Gasteiger partial charge in [-0.2, -0.15) is 5.10 Å². The minimum absolute atomic E-state index is 0.0736. The van der Waals surface area contributed by atoms with Gasteiger partial charge in [-0.3, -0.25) is 14.9 Å². The van der Waals surface area contributed by atoms with Crippen LogP contribution in [0.5, 0.6) is 11.5 Å². The Bertz CT molecular complexity index is 1330. The molecule has 10 heteroatoms. The first kappa shape index (κ1) is 18.3. The van der Waals surface area contributed by atoms with Gasteiger partial charge in [-0.1, -0.05) is 0 Å². The lowest BCUT2D eigenvalue weighted by atomic mass is 10.1. The number of ether oxygens (including phenoxy) is 1. The number of halogens is 2. The molecule has 2 aromatic carbocycles. The van der Waals surface area contributed by atoms with Crippen molar-refractivity contribution in [1.82, 2.24) is 15.2 Å². The van der Waals surface area contributed by atoms with Crippen molar-refractivity contribution >= 4 is 16.5 Å². The highest BCUT2D eigenvalue weighted by molar-refractivity contribution is 5.98. The van der Waals surface area contributed by atoms with Gasteiger partial charge in [0.1, 0.15) is 11.6 Å². The first-order valence-corrected chi connectivity index (χ1v) is 8.33. The Labute approximate surface area is 160 Å². The van der Waals surface area contributed by atoms with E-state index in [0.29, 0.717) is 28.2 Å². The van der Waals surface area contributed by atoms with Crippen molar-refractivity contribution in [2.45, 2.75) is 6.92 Å². The van der Waals surface area contributed by atoms with E-state index in [1.165, 1.54) is 24.4 Å². The number of rotatable bonds is 4. The van der Waals surface area contributed by atoms with Crippen molar-refractivity contribution in [2.24, 2.45) is 0 Å². The number of H-pyrrole nitrogens is 2. The molecule has 4 aromatic rings. The van der Waals surface area contributed by atoms with Crippen LogP contribution in [-0.2, 0) is 0 Å². The summed E-state index contributed by atoms with van der Waals surface area (Å²) in [7, 11) is 0. The predicted octanol–water partition coefficient (Wildman–Crippen LogP) is 4.21. The smallest absolute Gasteiger partial charge is 0.273 e. The molecule has 29 heavy (non-hydrogen) atoms. The van der Waals surface area contributed by atoms with Gasteiger partial charge in [0.2, 0.25) is 0 Å². The van der Waals surface area contributed by atoms with Crippen molar-refractivity contribution in [3.05, 3.63) is 80.4 Å². The highest BCUT2D eigenvalue weighted by atomic mass is 19.1. The molecule has 4 rings (SSSR count). The second-order valence-corrected chi connectivity index (χ2v) is 6.23. The molecule has 0 aliphatic rings. The molecule has 0 saturated carbocycles. The van der Waals surface area contributed by atoms with Crippen molar-refractivity contribution in [3.63, 3.8) is 0 Å². The van der Waals surface area contributed by atoms with Crippen LogP contribution in [0, 0.1) is 28.7 Å². The van der Waals surface area contributed by atoms with E-state index in [1.807, 2.05) is 0 Å². The topological polar surface area (TPSA) is 114 Å². The largest absolute Gasteiger partial charge is 0.454 e. The summed E-state index contributed by atoms with van der Waals surface area (Å²) in [5.74, 6) is -1.88. The van der Waals surface area contributed by atoms with Gasteiger partial charge in [0.25, 0.3) is 11.2 Å². The van der Waals surface area contributed by atoms with Crippen LogP contribution in [0.15, 0.2) is 47.4 Å². The fourth-order valence-corrected chi connectivity index (χ4v) is 3.08. The first-order valence-electron chi connectivity index (χ1n) is 8.33. The molecular weight excluding hydrogens is 386 g/mol. The third-order valence-corrected chi connectivity index (χ3v) is 4.37. The van der Waals surface area contributed by atoms with Gasteiger partial charge in [0.05, 0.1) is 22.2 Å².